The molecule has 1 aliphatic heterocycles. The monoisotopic (exact) mass is 478 g/mol. The van der Waals surface area contributed by atoms with E-state index in [0.29, 0.717) is 58.2 Å². The highest BCUT2D eigenvalue weighted by Crippen LogP contribution is 2.51. The Morgan fingerprint density at radius 2 is 1.54 bits per heavy atom. The largest absolute Gasteiger partial charge is 0.496 e. The summed E-state index contributed by atoms with van der Waals surface area (Å²) < 4.78 is 16.5. The third kappa shape index (κ3) is 4.36. The number of rotatable bonds is 6. The number of hydrogen-bond acceptors (Lipinski definition) is 6. The smallest absolute Gasteiger partial charge is 0.248 e. The fourth-order valence-corrected chi connectivity index (χ4v) is 5.08. The SMILES string of the molecule is COc1cc(OC)c(C2CC(=O)N(c3ccc(C(N)=O)cc3)C3=C2C(=O)CC(C)(C)C3)cc1OC. The second-order valence-corrected chi connectivity index (χ2v) is 9.65. The molecule has 0 bridgehead atoms. The highest BCUT2D eigenvalue weighted by molar-refractivity contribution is 6.08. The Balaban J connectivity index is 1.91. The second kappa shape index (κ2) is 9.09. The molecule has 8 heteroatoms. The molecule has 4 rings (SSSR count). The Bertz CT molecular complexity index is 1230. The first-order valence-electron chi connectivity index (χ1n) is 11.4. The Kier molecular flexibility index (Phi) is 6.32. The molecule has 2 aromatic carbocycles. The van der Waals surface area contributed by atoms with Crippen LogP contribution < -0.4 is 24.8 Å². The number of ketones is 1. The molecule has 1 atom stereocenters. The summed E-state index contributed by atoms with van der Waals surface area (Å²) in [6.07, 6.45) is 0.998. The van der Waals surface area contributed by atoms with Crippen LogP contribution in [0.3, 0.4) is 0 Å². The fraction of sp³-hybridized carbons (Fsp3) is 0.370. The number of methoxy groups -OCH3 is 3. The van der Waals surface area contributed by atoms with Gasteiger partial charge in [-0.3, -0.25) is 19.3 Å². The van der Waals surface area contributed by atoms with Crippen molar-refractivity contribution in [3.05, 3.63) is 58.8 Å². The lowest BCUT2D eigenvalue weighted by atomic mass is 9.69. The van der Waals surface area contributed by atoms with E-state index < -0.39 is 11.8 Å². The van der Waals surface area contributed by atoms with E-state index >= 15 is 0 Å². The highest BCUT2D eigenvalue weighted by atomic mass is 16.5. The number of carbonyl (C=O) groups is 3. The quantitative estimate of drug-likeness (QED) is 0.673. The van der Waals surface area contributed by atoms with Crippen molar-refractivity contribution in [1.29, 1.82) is 0 Å². The molecule has 0 aromatic heterocycles. The minimum absolute atomic E-state index is 0.00402. The molecule has 1 aliphatic carbocycles. The van der Waals surface area contributed by atoms with Gasteiger partial charge < -0.3 is 19.9 Å². The molecule has 184 valence electrons. The van der Waals surface area contributed by atoms with Gasteiger partial charge in [-0.25, -0.2) is 0 Å². The molecule has 1 heterocycles. The number of benzene rings is 2. The first kappa shape index (κ1) is 24.3. The van der Waals surface area contributed by atoms with Gasteiger partial charge in [0, 0.05) is 52.9 Å². The van der Waals surface area contributed by atoms with Gasteiger partial charge in [-0.1, -0.05) is 13.8 Å². The Hall–Kier alpha value is -3.81. The standard InChI is InChI=1S/C27H30N2O6/c1-27(2)13-19-25(20(30)14-27)18(17-10-22(34-4)23(35-5)12-21(17)33-3)11-24(31)29(19)16-8-6-15(7-9-16)26(28)32/h6-10,12,18H,11,13-14H2,1-5H3,(H2,28,32). The zero-order chi connectivity index (χ0) is 25.5. The summed E-state index contributed by atoms with van der Waals surface area (Å²) in [6, 6.07) is 10.0. The van der Waals surface area contributed by atoms with Crippen LogP contribution in [0.25, 0.3) is 0 Å². The average molecular weight is 479 g/mol. The van der Waals surface area contributed by atoms with Crippen LogP contribution >= 0.6 is 0 Å². The third-order valence-corrected chi connectivity index (χ3v) is 6.66. The van der Waals surface area contributed by atoms with Crippen molar-refractivity contribution >= 4 is 23.3 Å². The van der Waals surface area contributed by atoms with Gasteiger partial charge in [0.2, 0.25) is 11.8 Å². The van der Waals surface area contributed by atoms with E-state index in [0.717, 1.165) is 0 Å². The highest BCUT2D eigenvalue weighted by Gasteiger charge is 2.45. The summed E-state index contributed by atoms with van der Waals surface area (Å²) in [5.41, 5.74) is 7.98. The van der Waals surface area contributed by atoms with Gasteiger partial charge in [0.25, 0.3) is 0 Å². The minimum atomic E-state index is -0.545. The maximum Gasteiger partial charge on any atom is 0.248 e. The van der Waals surface area contributed by atoms with Crippen molar-refractivity contribution in [2.45, 2.75) is 39.0 Å². The number of amides is 2. The number of primary amides is 1. The second-order valence-electron chi connectivity index (χ2n) is 9.65. The summed E-state index contributed by atoms with van der Waals surface area (Å²) in [7, 11) is 4.62. The van der Waals surface area contributed by atoms with Gasteiger partial charge in [-0.2, -0.15) is 0 Å². The normalized spacial score (nSPS) is 19.3. The van der Waals surface area contributed by atoms with Crippen LogP contribution in [0.5, 0.6) is 17.2 Å². The Labute approximate surface area is 204 Å². The molecular formula is C27H30N2O6. The maximum absolute atomic E-state index is 13.6. The van der Waals surface area contributed by atoms with Gasteiger partial charge in [-0.05, 0) is 42.2 Å². The van der Waals surface area contributed by atoms with Crippen molar-refractivity contribution in [3.63, 3.8) is 0 Å². The number of nitrogens with two attached hydrogens (primary N) is 1. The van der Waals surface area contributed by atoms with Gasteiger partial charge in [0.15, 0.2) is 17.3 Å². The van der Waals surface area contributed by atoms with E-state index in [4.69, 9.17) is 19.9 Å². The topological polar surface area (TPSA) is 108 Å². The molecule has 2 aromatic rings. The lowest BCUT2D eigenvalue weighted by molar-refractivity contribution is -0.121. The molecular weight excluding hydrogens is 448 g/mol. The molecule has 0 saturated heterocycles. The van der Waals surface area contributed by atoms with Crippen LogP contribution in [0.1, 0.15) is 54.9 Å². The summed E-state index contributed by atoms with van der Waals surface area (Å²) in [6.45, 7) is 4.04. The lowest BCUT2D eigenvalue weighted by Crippen LogP contribution is -2.43. The predicted molar refractivity (Wildman–Crippen MR) is 131 cm³/mol. The maximum atomic E-state index is 13.6. The molecule has 35 heavy (non-hydrogen) atoms. The summed E-state index contributed by atoms with van der Waals surface area (Å²) in [5.74, 6) is 0.326. The van der Waals surface area contributed by atoms with Crippen LogP contribution in [0.2, 0.25) is 0 Å². The fourth-order valence-electron chi connectivity index (χ4n) is 5.08. The minimum Gasteiger partial charge on any atom is -0.496 e. The third-order valence-electron chi connectivity index (χ3n) is 6.66. The van der Waals surface area contributed by atoms with Crippen molar-refractivity contribution in [2.24, 2.45) is 11.1 Å². The van der Waals surface area contributed by atoms with Crippen LogP contribution in [-0.2, 0) is 9.59 Å². The molecule has 0 saturated carbocycles. The summed E-state index contributed by atoms with van der Waals surface area (Å²) in [5, 5.41) is 0. The number of allylic oxidation sites excluding steroid dienone is 2. The van der Waals surface area contributed by atoms with E-state index in [2.05, 4.69) is 0 Å². The molecule has 0 spiro atoms. The van der Waals surface area contributed by atoms with Crippen molar-refractivity contribution in [1.82, 2.24) is 0 Å². The zero-order valence-electron chi connectivity index (χ0n) is 20.6. The molecule has 2 aliphatic rings. The van der Waals surface area contributed by atoms with Gasteiger partial charge in [0.1, 0.15) is 5.75 Å². The lowest BCUT2D eigenvalue weighted by Gasteiger charge is -2.43. The summed E-state index contributed by atoms with van der Waals surface area (Å²) >= 11 is 0. The van der Waals surface area contributed by atoms with E-state index in [1.165, 1.54) is 14.2 Å². The number of ether oxygens (including phenoxy) is 3. The summed E-state index contributed by atoms with van der Waals surface area (Å²) in [4.78, 5) is 40.4. The number of Topliss-reactive ketones (excluding diaryl/α,β-unsaturated/α-hetero) is 1. The van der Waals surface area contributed by atoms with Crippen LogP contribution in [0, 0.1) is 5.41 Å². The Morgan fingerprint density at radius 1 is 0.943 bits per heavy atom. The van der Waals surface area contributed by atoms with Gasteiger partial charge in [0.05, 0.1) is 21.3 Å². The first-order valence-corrected chi connectivity index (χ1v) is 11.4. The van der Waals surface area contributed by atoms with Crippen LogP contribution in [-0.4, -0.2) is 38.9 Å². The van der Waals surface area contributed by atoms with Crippen molar-refractivity contribution in [3.8, 4) is 17.2 Å². The van der Waals surface area contributed by atoms with Crippen molar-refractivity contribution < 1.29 is 28.6 Å². The zero-order valence-corrected chi connectivity index (χ0v) is 20.6. The average Bonchev–Trinajstić information content (AvgIpc) is 2.81. The van der Waals surface area contributed by atoms with E-state index in [1.54, 1.807) is 48.4 Å². The van der Waals surface area contributed by atoms with E-state index in [-0.39, 0.29) is 23.5 Å². The first-order chi connectivity index (χ1) is 16.6. The number of carbonyl (C=O) groups excluding carboxylic acids is 3. The van der Waals surface area contributed by atoms with Crippen molar-refractivity contribution in [2.75, 3.05) is 26.2 Å². The number of anilines is 1. The number of hydrogen-bond donors (Lipinski definition) is 1. The molecule has 1 unspecified atom stereocenters. The van der Waals surface area contributed by atoms with Gasteiger partial charge >= 0.3 is 0 Å². The predicted octanol–water partition coefficient (Wildman–Crippen LogP) is 3.98. The number of nitrogens with zero attached hydrogens (tertiary/aromatic N) is 1. The molecule has 2 N–H and O–H groups in total. The molecule has 0 radical (unpaired) electrons. The molecule has 0 fully saturated rings. The van der Waals surface area contributed by atoms with E-state index in [9.17, 15) is 14.4 Å². The van der Waals surface area contributed by atoms with E-state index in [1.807, 2.05) is 13.8 Å². The Morgan fingerprint density at radius 3 is 2.11 bits per heavy atom. The molecule has 2 amide bonds. The van der Waals surface area contributed by atoms with Gasteiger partial charge in [-0.15, -0.1) is 0 Å². The van der Waals surface area contributed by atoms with Crippen LogP contribution in [0.4, 0.5) is 5.69 Å². The van der Waals surface area contributed by atoms with Crippen LogP contribution in [0.15, 0.2) is 47.7 Å². The molecule has 8 nitrogen and oxygen atoms in total.